The minimum atomic E-state index is -0.748. The average Bonchev–Trinajstić information content (AvgIpc) is 3.19. The van der Waals surface area contributed by atoms with Crippen molar-refractivity contribution < 1.29 is 9.90 Å². The lowest BCUT2D eigenvalue weighted by Crippen LogP contribution is -1.95. The van der Waals surface area contributed by atoms with E-state index < -0.39 is 5.97 Å². The molecule has 0 amide bonds. The summed E-state index contributed by atoms with van der Waals surface area (Å²) >= 11 is 0. The fourth-order valence-corrected chi connectivity index (χ4v) is 2.87. The number of aromatic nitrogens is 1. The molecule has 1 aromatic heterocycles. The van der Waals surface area contributed by atoms with E-state index in [-0.39, 0.29) is 6.42 Å². The van der Waals surface area contributed by atoms with Crippen molar-refractivity contribution in [1.82, 2.24) is 4.57 Å². The molecular weight excluding hydrogens is 382 g/mol. The molecule has 0 fully saturated rings. The molecule has 2 rings (SSSR count). The molecule has 0 saturated heterocycles. The first-order chi connectivity index (χ1) is 15.0. The maximum Gasteiger partial charge on any atom is 0.303 e. The lowest BCUT2D eigenvalue weighted by molar-refractivity contribution is -0.137. The molecule has 164 valence electrons. The van der Waals surface area contributed by atoms with Gasteiger partial charge in [0, 0.05) is 29.6 Å². The zero-order chi connectivity index (χ0) is 23.1. The van der Waals surface area contributed by atoms with Crippen molar-refractivity contribution in [3.05, 3.63) is 96.9 Å². The molecule has 0 aliphatic carbocycles. The predicted octanol–water partition coefficient (Wildman–Crippen LogP) is 8.00. The highest BCUT2D eigenvalue weighted by atomic mass is 16.4. The van der Waals surface area contributed by atoms with E-state index in [9.17, 15) is 4.79 Å². The van der Waals surface area contributed by atoms with E-state index in [1.54, 1.807) is 0 Å². The molecular formula is C28H35NO2. The molecule has 1 heterocycles. The summed E-state index contributed by atoms with van der Waals surface area (Å²) in [6.07, 6.45) is 17.8. The number of carboxylic acids is 1. The third-order valence-corrected chi connectivity index (χ3v) is 4.62. The Morgan fingerprint density at radius 2 is 1.68 bits per heavy atom. The highest BCUT2D eigenvalue weighted by Gasteiger charge is 2.07. The van der Waals surface area contributed by atoms with Crippen LogP contribution in [0.5, 0.6) is 0 Å². The molecule has 0 radical (unpaired) electrons. The van der Waals surface area contributed by atoms with Gasteiger partial charge in [-0.25, -0.2) is 0 Å². The van der Waals surface area contributed by atoms with Gasteiger partial charge in [-0.2, -0.15) is 0 Å². The molecule has 0 atom stereocenters. The van der Waals surface area contributed by atoms with Gasteiger partial charge in [0.1, 0.15) is 0 Å². The summed E-state index contributed by atoms with van der Waals surface area (Å²) in [5.41, 5.74) is 5.53. The molecule has 0 saturated carbocycles. The van der Waals surface area contributed by atoms with Crippen LogP contribution in [0.25, 0.3) is 22.9 Å². The molecule has 0 bridgehead atoms. The van der Waals surface area contributed by atoms with Crippen molar-refractivity contribution in [2.24, 2.45) is 0 Å². The molecule has 1 aromatic carbocycles. The van der Waals surface area contributed by atoms with Crippen molar-refractivity contribution >= 4 is 17.7 Å². The van der Waals surface area contributed by atoms with Gasteiger partial charge >= 0.3 is 5.97 Å². The Morgan fingerprint density at radius 1 is 1.00 bits per heavy atom. The van der Waals surface area contributed by atoms with Gasteiger partial charge in [0.25, 0.3) is 0 Å². The van der Waals surface area contributed by atoms with Crippen LogP contribution < -0.4 is 0 Å². The second-order valence-electron chi connectivity index (χ2n) is 7.11. The summed E-state index contributed by atoms with van der Waals surface area (Å²) in [4.78, 5) is 10.6. The smallest absolute Gasteiger partial charge is 0.303 e. The monoisotopic (exact) mass is 417 g/mol. The number of allylic oxidation sites excluding steroid dienone is 8. The lowest BCUT2D eigenvalue weighted by atomic mass is 10.1. The first-order valence-electron chi connectivity index (χ1n) is 10.7. The van der Waals surface area contributed by atoms with Crippen molar-refractivity contribution in [2.75, 3.05) is 0 Å². The van der Waals surface area contributed by atoms with Crippen LogP contribution in [0.3, 0.4) is 0 Å². The lowest BCUT2D eigenvalue weighted by Gasteiger charge is -2.07. The Kier molecular flexibility index (Phi) is 12.1. The highest BCUT2D eigenvalue weighted by Crippen LogP contribution is 2.26. The summed E-state index contributed by atoms with van der Waals surface area (Å²) < 4.78 is 2.12. The molecule has 2 aromatic rings. The van der Waals surface area contributed by atoms with E-state index in [4.69, 9.17) is 5.11 Å². The van der Waals surface area contributed by atoms with Crippen molar-refractivity contribution in [1.29, 1.82) is 0 Å². The Labute approximate surface area is 187 Å². The number of hydrogen-bond donors (Lipinski definition) is 1. The van der Waals surface area contributed by atoms with Crippen LogP contribution in [0, 0.1) is 0 Å². The second-order valence-corrected chi connectivity index (χ2v) is 7.11. The number of carbonyl (C=O) groups is 1. The summed E-state index contributed by atoms with van der Waals surface area (Å²) in [5, 5.41) is 8.75. The van der Waals surface area contributed by atoms with Crippen LogP contribution in [0.4, 0.5) is 0 Å². The van der Waals surface area contributed by atoms with E-state index in [1.807, 2.05) is 82.4 Å². The van der Waals surface area contributed by atoms with Gasteiger partial charge in [0.15, 0.2) is 0 Å². The predicted molar refractivity (Wildman–Crippen MR) is 135 cm³/mol. The summed E-state index contributed by atoms with van der Waals surface area (Å²) in [5.74, 6) is -0.748. The number of rotatable bonds is 9. The van der Waals surface area contributed by atoms with Crippen molar-refractivity contribution in [3.8, 4) is 11.1 Å². The quantitative estimate of drug-likeness (QED) is 0.332. The average molecular weight is 418 g/mol. The minimum absolute atomic E-state index is 0.201. The van der Waals surface area contributed by atoms with E-state index in [2.05, 4.69) is 41.6 Å². The van der Waals surface area contributed by atoms with E-state index in [1.165, 1.54) is 5.56 Å². The van der Waals surface area contributed by atoms with Crippen LogP contribution >= 0.6 is 0 Å². The Morgan fingerprint density at radius 3 is 2.23 bits per heavy atom. The zero-order valence-corrected chi connectivity index (χ0v) is 19.2. The molecule has 31 heavy (non-hydrogen) atoms. The highest BCUT2D eigenvalue weighted by molar-refractivity contribution is 5.72. The normalized spacial score (nSPS) is 12.1. The van der Waals surface area contributed by atoms with Crippen LogP contribution in [-0.2, 0) is 4.79 Å². The molecule has 1 N–H and O–H groups in total. The van der Waals surface area contributed by atoms with Crippen LogP contribution in [0.15, 0.2) is 91.2 Å². The summed E-state index contributed by atoms with van der Waals surface area (Å²) in [7, 11) is 0. The molecule has 0 spiro atoms. The summed E-state index contributed by atoms with van der Waals surface area (Å²) in [6, 6.07) is 12.5. The van der Waals surface area contributed by atoms with Gasteiger partial charge in [0.05, 0.1) is 0 Å². The van der Waals surface area contributed by atoms with Crippen molar-refractivity contribution in [3.63, 3.8) is 0 Å². The van der Waals surface area contributed by atoms with Crippen LogP contribution in [0.2, 0.25) is 0 Å². The molecule has 3 nitrogen and oxygen atoms in total. The third-order valence-electron chi connectivity index (χ3n) is 4.62. The molecule has 0 aliphatic heterocycles. The molecule has 3 heteroatoms. The maximum absolute atomic E-state index is 10.6. The largest absolute Gasteiger partial charge is 0.481 e. The zero-order valence-electron chi connectivity index (χ0n) is 19.2. The van der Waals surface area contributed by atoms with Crippen molar-refractivity contribution in [2.45, 2.75) is 47.0 Å². The number of nitrogens with zero attached hydrogens (tertiary/aromatic N) is 1. The van der Waals surface area contributed by atoms with Crippen LogP contribution in [-0.4, -0.2) is 15.6 Å². The van der Waals surface area contributed by atoms with E-state index in [0.29, 0.717) is 6.42 Å². The maximum atomic E-state index is 10.6. The Bertz CT molecular complexity index is 937. The second kappa shape index (κ2) is 14.6. The fraction of sp³-hybridized carbons (Fsp3) is 0.250. The number of hydrogen-bond acceptors (Lipinski definition) is 1. The van der Waals surface area contributed by atoms with Crippen LogP contribution in [0.1, 0.15) is 52.7 Å². The third kappa shape index (κ3) is 9.35. The van der Waals surface area contributed by atoms with Gasteiger partial charge in [-0.1, -0.05) is 66.8 Å². The minimum Gasteiger partial charge on any atom is -0.481 e. The van der Waals surface area contributed by atoms with Gasteiger partial charge in [-0.05, 0) is 70.4 Å². The van der Waals surface area contributed by atoms with Gasteiger partial charge in [0.2, 0.25) is 0 Å². The summed E-state index contributed by atoms with van der Waals surface area (Å²) in [6.45, 7) is 12.0. The van der Waals surface area contributed by atoms with E-state index in [0.717, 1.165) is 28.9 Å². The first-order valence-corrected chi connectivity index (χ1v) is 10.7. The number of carboxylic acid groups (broad SMARTS) is 1. The topological polar surface area (TPSA) is 42.2 Å². The van der Waals surface area contributed by atoms with Gasteiger partial charge in [-0.15, -0.1) is 0 Å². The number of benzene rings is 1. The Balaban J connectivity index is 0.00000110. The standard InChI is InChI=1S/C24H27NO2.C4H8/c1-4-10-23-17-21(20-12-7-6-8-13-20)18-25(23)22(5-2)16-15-19(3)11-9-14-24(26)27;1-3-4-2/h4-8,10,12-13,15-18H,2,9,11,14H2,1,3H3,(H,26,27);3-4H,1-2H3/b10-4+,19-15+,22-16+;4-3-. The van der Waals surface area contributed by atoms with E-state index >= 15 is 0 Å². The van der Waals surface area contributed by atoms with Gasteiger partial charge < -0.3 is 9.67 Å². The molecule has 0 unspecified atom stereocenters. The SMILES string of the molecule is C/C=C\C.C=C/C(=C\C=C(/C)CCCC(=O)O)n1cc(-c2ccccc2)cc1/C=C/C. The Hall–Kier alpha value is -3.33. The first kappa shape index (κ1) is 25.7. The molecule has 0 aliphatic rings. The van der Waals surface area contributed by atoms with Gasteiger partial charge in [-0.3, -0.25) is 4.79 Å². The fourth-order valence-electron chi connectivity index (χ4n) is 2.87. The number of aliphatic carboxylic acids is 1.